The Morgan fingerprint density at radius 1 is 0.939 bits per heavy atom. The highest BCUT2D eigenvalue weighted by molar-refractivity contribution is 6.37. The average Bonchev–Trinajstić information content (AvgIpc) is 3.28. The number of hydrazone groups is 1. The van der Waals surface area contributed by atoms with Crippen LogP contribution in [-0.2, 0) is 6.54 Å². The second-order valence-corrected chi connectivity index (χ2v) is 9.93. The molecule has 0 aliphatic carbocycles. The Morgan fingerprint density at radius 3 is 2.48 bits per heavy atom. The van der Waals surface area contributed by atoms with Gasteiger partial charge in [-0.25, -0.2) is 5.01 Å². The zero-order chi connectivity index (χ0) is 22.4. The minimum Gasteiger partial charge on any atom is -0.466 e. The molecule has 1 spiro atoms. The first-order chi connectivity index (χ1) is 16.1. The van der Waals surface area contributed by atoms with Gasteiger partial charge in [-0.1, -0.05) is 77.8 Å². The van der Waals surface area contributed by atoms with Crippen molar-refractivity contribution in [3.8, 4) is 5.75 Å². The molecule has 0 radical (unpaired) electrons. The van der Waals surface area contributed by atoms with Crippen molar-refractivity contribution in [2.45, 2.75) is 37.6 Å². The SMILES string of the molecule is Clc1ccc(C2=NN3[C@H](C2)c2ccccc2OC32CCN(Cc3ccccc3)CC2)c(Cl)c1. The maximum Gasteiger partial charge on any atom is 0.200 e. The van der Waals surface area contributed by atoms with Crippen LogP contribution in [-0.4, -0.2) is 34.4 Å². The van der Waals surface area contributed by atoms with Gasteiger partial charge in [0, 0.05) is 55.0 Å². The van der Waals surface area contributed by atoms with Gasteiger partial charge in [0.25, 0.3) is 0 Å². The molecule has 168 valence electrons. The number of piperidine rings is 1. The molecule has 0 N–H and O–H groups in total. The van der Waals surface area contributed by atoms with E-state index in [-0.39, 0.29) is 6.04 Å². The molecule has 6 heteroatoms. The maximum atomic E-state index is 6.74. The lowest BCUT2D eigenvalue weighted by Gasteiger charge is -2.51. The summed E-state index contributed by atoms with van der Waals surface area (Å²) in [4.78, 5) is 2.51. The molecular formula is C27H25Cl2N3O. The highest BCUT2D eigenvalue weighted by Crippen LogP contribution is 2.50. The van der Waals surface area contributed by atoms with E-state index in [4.69, 9.17) is 33.0 Å². The van der Waals surface area contributed by atoms with Gasteiger partial charge < -0.3 is 4.74 Å². The molecule has 0 aromatic heterocycles. The summed E-state index contributed by atoms with van der Waals surface area (Å²) in [6, 6.07) is 24.9. The van der Waals surface area contributed by atoms with Crippen LogP contribution in [0.3, 0.4) is 0 Å². The third kappa shape index (κ3) is 3.80. The highest BCUT2D eigenvalue weighted by Gasteiger charge is 2.51. The topological polar surface area (TPSA) is 28.1 Å². The zero-order valence-corrected chi connectivity index (χ0v) is 19.8. The van der Waals surface area contributed by atoms with Crippen molar-refractivity contribution in [2.75, 3.05) is 13.1 Å². The van der Waals surface area contributed by atoms with E-state index >= 15 is 0 Å². The molecule has 3 aromatic carbocycles. The number of hydrogen-bond donors (Lipinski definition) is 0. The van der Waals surface area contributed by atoms with Crippen LogP contribution >= 0.6 is 23.2 Å². The van der Waals surface area contributed by atoms with Gasteiger partial charge in [-0.3, -0.25) is 4.90 Å². The number of benzene rings is 3. The molecule has 1 atom stereocenters. The largest absolute Gasteiger partial charge is 0.466 e. The molecule has 3 aromatic rings. The Labute approximate surface area is 204 Å². The number of hydrogen-bond acceptors (Lipinski definition) is 4. The predicted molar refractivity (Wildman–Crippen MR) is 133 cm³/mol. The van der Waals surface area contributed by atoms with Crippen molar-refractivity contribution < 1.29 is 4.74 Å². The predicted octanol–water partition coefficient (Wildman–Crippen LogP) is 6.53. The van der Waals surface area contributed by atoms with Gasteiger partial charge in [0.2, 0.25) is 5.72 Å². The number of para-hydroxylation sites is 1. The molecule has 3 aliphatic rings. The number of likely N-dealkylation sites (tertiary alicyclic amines) is 1. The molecule has 6 rings (SSSR count). The van der Waals surface area contributed by atoms with E-state index in [1.54, 1.807) is 6.07 Å². The minimum absolute atomic E-state index is 0.150. The first kappa shape index (κ1) is 21.0. The summed E-state index contributed by atoms with van der Waals surface area (Å²) < 4.78 is 6.74. The van der Waals surface area contributed by atoms with Gasteiger partial charge in [0.15, 0.2) is 0 Å². The Bertz CT molecular complexity index is 1200. The molecule has 1 saturated heterocycles. The molecular weight excluding hydrogens is 453 g/mol. The Morgan fingerprint density at radius 2 is 1.70 bits per heavy atom. The zero-order valence-electron chi connectivity index (χ0n) is 18.3. The Kier molecular flexibility index (Phi) is 5.33. The van der Waals surface area contributed by atoms with Crippen LogP contribution < -0.4 is 4.74 Å². The maximum absolute atomic E-state index is 6.74. The van der Waals surface area contributed by atoms with Crippen molar-refractivity contribution in [3.05, 3.63) is 99.5 Å². The molecule has 1 fully saturated rings. The first-order valence-electron chi connectivity index (χ1n) is 11.5. The summed E-state index contributed by atoms with van der Waals surface area (Å²) in [6.45, 7) is 2.89. The number of rotatable bonds is 3. The van der Waals surface area contributed by atoms with Crippen LogP contribution in [0.4, 0.5) is 0 Å². The third-order valence-corrected chi connectivity index (χ3v) is 7.58. The molecule has 3 heterocycles. The standard InChI is InChI=1S/C27H25Cl2N3O/c28-20-10-11-21(23(29)16-20)24-17-25-22-8-4-5-9-26(22)33-27(32(25)30-24)12-14-31(15-13-27)18-19-6-2-1-3-7-19/h1-11,16,25H,12-15,17-18H2/t25-/m1/s1. The van der Waals surface area contributed by atoms with Crippen LogP contribution in [0.15, 0.2) is 77.9 Å². The van der Waals surface area contributed by atoms with Gasteiger partial charge >= 0.3 is 0 Å². The fourth-order valence-corrected chi connectivity index (χ4v) is 5.87. The lowest BCUT2D eigenvalue weighted by atomic mass is 9.90. The van der Waals surface area contributed by atoms with Crippen molar-refractivity contribution in [1.82, 2.24) is 9.91 Å². The van der Waals surface area contributed by atoms with Crippen LogP contribution in [0.25, 0.3) is 0 Å². The van der Waals surface area contributed by atoms with Gasteiger partial charge in [0.1, 0.15) is 5.75 Å². The molecule has 3 aliphatic heterocycles. The van der Waals surface area contributed by atoms with Crippen molar-refractivity contribution >= 4 is 28.9 Å². The summed E-state index contributed by atoms with van der Waals surface area (Å²) in [5.74, 6) is 0.980. The number of ether oxygens (including phenoxy) is 1. The molecule has 0 saturated carbocycles. The third-order valence-electron chi connectivity index (χ3n) is 7.03. The van der Waals surface area contributed by atoms with Crippen LogP contribution in [0.2, 0.25) is 10.0 Å². The number of fused-ring (bicyclic) bond motifs is 4. The molecule has 0 unspecified atom stereocenters. The van der Waals surface area contributed by atoms with Crippen LogP contribution in [0.1, 0.15) is 42.0 Å². The van der Waals surface area contributed by atoms with E-state index in [9.17, 15) is 0 Å². The summed E-state index contributed by atoms with van der Waals surface area (Å²) in [7, 11) is 0. The van der Waals surface area contributed by atoms with E-state index in [0.717, 1.165) is 55.9 Å². The second kappa shape index (κ2) is 8.35. The number of halogens is 2. The fraction of sp³-hybridized carbons (Fsp3) is 0.296. The second-order valence-electron chi connectivity index (χ2n) is 9.08. The minimum atomic E-state index is -0.438. The summed E-state index contributed by atoms with van der Waals surface area (Å²) >= 11 is 12.7. The van der Waals surface area contributed by atoms with Crippen LogP contribution in [0.5, 0.6) is 5.75 Å². The van der Waals surface area contributed by atoms with Gasteiger partial charge in [0.05, 0.1) is 16.8 Å². The molecule has 0 amide bonds. The van der Waals surface area contributed by atoms with Crippen molar-refractivity contribution in [3.63, 3.8) is 0 Å². The van der Waals surface area contributed by atoms with Gasteiger partial charge in [-0.05, 0) is 23.8 Å². The first-order valence-corrected chi connectivity index (χ1v) is 12.2. The van der Waals surface area contributed by atoms with E-state index in [0.29, 0.717) is 10.0 Å². The lowest BCUT2D eigenvalue weighted by molar-refractivity contribution is -0.150. The van der Waals surface area contributed by atoms with E-state index in [2.05, 4.69) is 64.5 Å². The van der Waals surface area contributed by atoms with Crippen molar-refractivity contribution in [2.24, 2.45) is 5.10 Å². The Hall–Kier alpha value is -2.53. The summed E-state index contributed by atoms with van der Waals surface area (Å²) in [5.41, 5.74) is 4.05. The van der Waals surface area contributed by atoms with Crippen molar-refractivity contribution in [1.29, 1.82) is 0 Å². The van der Waals surface area contributed by atoms with Gasteiger partial charge in [-0.2, -0.15) is 5.10 Å². The molecule has 33 heavy (non-hydrogen) atoms. The van der Waals surface area contributed by atoms with Gasteiger partial charge in [-0.15, -0.1) is 0 Å². The fourth-order valence-electron chi connectivity index (χ4n) is 5.35. The van der Waals surface area contributed by atoms with E-state index < -0.39 is 5.72 Å². The quantitative estimate of drug-likeness (QED) is 0.429. The smallest absolute Gasteiger partial charge is 0.200 e. The van der Waals surface area contributed by atoms with E-state index in [1.807, 2.05) is 12.1 Å². The molecule has 4 nitrogen and oxygen atoms in total. The Balaban J connectivity index is 1.31. The summed E-state index contributed by atoms with van der Waals surface area (Å²) in [5, 5.41) is 8.64. The molecule has 0 bridgehead atoms. The van der Waals surface area contributed by atoms with Crippen LogP contribution in [0, 0.1) is 0 Å². The average molecular weight is 478 g/mol. The normalized spacial score (nSPS) is 21.3. The highest BCUT2D eigenvalue weighted by atomic mass is 35.5. The lowest BCUT2D eigenvalue weighted by Crippen LogP contribution is -2.59. The number of nitrogens with zero attached hydrogens (tertiary/aromatic N) is 3. The monoisotopic (exact) mass is 477 g/mol. The van der Waals surface area contributed by atoms with E-state index in [1.165, 1.54) is 11.1 Å². The summed E-state index contributed by atoms with van der Waals surface area (Å²) in [6.07, 6.45) is 2.60.